The number of fused-ring (bicyclic) bond motifs is 7. The quantitative estimate of drug-likeness (QED) is 0.125. The third-order valence-electron chi connectivity index (χ3n) is 9.99. The first-order chi connectivity index (χ1) is 20.8. The predicted molar refractivity (Wildman–Crippen MR) is 189 cm³/mol. The van der Waals surface area contributed by atoms with E-state index in [0.29, 0.717) is 0 Å². The number of para-hydroxylation sites is 1. The van der Waals surface area contributed by atoms with Gasteiger partial charge in [-0.05, 0) is 66.9 Å². The predicted octanol–water partition coefficient (Wildman–Crippen LogP) is 7.75. The van der Waals surface area contributed by atoms with Crippen LogP contribution in [-0.4, -0.2) is 21.1 Å². The molecule has 3 heterocycles. The van der Waals surface area contributed by atoms with Gasteiger partial charge in [0.25, 0.3) is 0 Å². The minimum atomic E-state index is -2.16. The van der Waals surface area contributed by atoms with Crippen molar-refractivity contribution in [2.75, 3.05) is 4.90 Å². The fourth-order valence-corrected chi connectivity index (χ4v) is 13.6. The third-order valence-corrected chi connectivity index (χ3v) is 16.8. The molecular formula is C39H31IrN2Si2-. The molecule has 215 valence electrons. The Morgan fingerprint density at radius 1 is 0.545 bits per heavy atom. The van der Waals surface area contributed by atoms with Gasteiger partial charge in [-0.15, -0.1) is 28.1 Å². The normalized spacial score (nSPS) is 15.4. The van der Waals surface area contributed by atoms with Crippen LogP contribution in [0.2, 0.25) is 26.2 Å². The van der Waals surface area contributed by atoms with Crippen LogP contribution in [0.5, 0.6) is 0 Å². The van der Waals surface area contributed by atoms with Gasteiger partial charge in [0, 0.05) is 31.5 Å². The molecule has 0 fully saturated rings. The van der Waals surface area contributed by atoms with Gasteiger partial charge in [0.15, 0.2) is 0 Å². The van der Waals surface area contributed by atoms with E-state index in [9.17, 15) is 0 Å². The molecule has 44 heavy (non-hydrogen) atoms. The van der Waals surface area contributed by atoms with Gasteiger partial charge in [0.1, 0.15) is 0 Å². The van der Waals surface area contributed by atoms with Crippen LogP contribution in [0.1, 0.15) is 0 Å². The number of pyridine rings is 1. The topological polar surface area (TPSA) is 16.1 Å². The average molecular weight is 776 g/mol. The fourth-order valence-electron chi connectivity index (χ4n) is 7.57. The zero-order valence-corrected chi connectivity index (χ0v) is 29.6. The maximum atomic E-state index is 5.16. The molecule has 0 amide bonds. The van der Waals surface area contributed by atoms with Crippen molar-refractivity contribution < 1.29 is 20.1 Å². The summed E-state index contributed by atoms with van der Waals surface area (Å²) in [5.74, 6) is 0. The molecule has 0 unspecified atom stereocenters. The Labute approximate surface area is 273 Å². The van der Waals surface area contributed by atoms with Crippen LogP contribution in [0.4, 0.5) is 17.1 Å². The average Bonchev–Trinajstić information content (AvgIpc) is 3.03. The van der Waals surface area contributed by atoms with Crippen molar-refractivity contribution in [3.8, 4) is 11.3 Å². The minimum absolute atomic E-state index is 0. The summed E-state index contributed by atoms with van der Waals surface area (Å²) in [5, 5.41) is 12.2. The van der Waals surface area contributed by atoms with Crippen molar-refractivity contribution >= 4 is 86.4 Å². The maximum absolute atomic E-state index is 5.16. The maximum Gasteiger partial charge on any atom is 0.0976 e. The first-order valence-corrected chi connectivity index (χ1v) is 21.1. The van der Waals surface area contributed by atoms with E-state index in [0.717, 1.165) is 16.8 Å². The first kappa shape index (κ1) is 27.7. The third kappa shape index (κ3) is 3.77. The molecule has 9 rings (SSSR count). The van der Waals surface area contributed by atoms with Gasteiger partial charge in [-0.3, -0.25) is 4.98 Å². The minimum Gasteiger partial charge on any atom is -0.352 e. The molecule has 5 heteroatoms. The van der Waals surface area contributed by atoms with E-state index in [1.807, 2.05) is 0 Å². The number of hydrogen-bond donors (Lipinski definition) is 0. The van der Waals surface area contributed by atoms with Gasteiger partial charge in [0.2, 0.25) is 0 Å². The summed E-state index contributed by atoms with van der Waals surface area (Å²) >= 11 is 0. The molecule has 2 nitrogen and oxygen atoms in total. The van der Waals surface area contributed by atoms with Crippen LogP contribution in [-0.2, 0) is 20.1 Å². The molecule has 7 aromatic rings. The molecule has 0 saturated heterocycles. The molecule has 2 aliphatic heterocycles. The molecule has 6 aromatic carbocycles. The summed E-state index contributed by atoms with van der Waals surface area (Å²) in [5.41, 5.74) is 7.23. The van der Waals surface area contributed by atoms with Crippen LogP contribution in [0, 0.1) is 6.07 Å². The second-order valence-electron chi connectivity index (χ2n) is 13.2. The van der Waals surface area contributed by atoms with Gasteiger partial charge in [0.05, 0.1) is 21.7 Å². The Kier molecular flexibility index (Phi) is 6.01. The van der Waals surface area contributed by atoms with E-state index >= 15 is 0 Å². The smallest absolute Gasteiger partial charge is 0.0976 e. The number of hydrogen-bond acceptors (Lipinski definition) is 2. The number of nitrogens with zero attached hydrogens (tertiary/aromatic N) is 2. The number of rotatable bonds is 1. The van der Waals surface area contributed by atoms with Crippen molar-refractivity contribution in [1.29, 1.82) is 0 Å². The molecule has 2 aliphatic rings. The van der Waals surface area contributed by atoms with Crippen LogP contribution in [0.3, 0.4) is 0 Å². The van der Waals surface area contributed by atoms with E-state index in [-0.39, 0.29) is 20.1 Å². The standard InChI is InChI=1S/C39H31N2Si2.Ir/c1-42(2)35-21-28-14-7-5-12-26(28)19-33(35)41-34-20-27-13-6-8-15-29(27)22-36(34)43(3,4)38-24-30(23-37(42)39(38)41)32-18-17-25-11-9-10-16-31(25)40-32;/h5-23H,1-4H3;/q-1;. The molecule has 0 atom stereocenters. The Hall–Kier alpha value is -3.87. The van der Waals surface area contributed by atoms with Crippen molar-refractivity contribution in [2.24, 2.45) is 0 Å². The molecule has 1 radical (unpaired) electrons. The van der Waals surface area contributed by atoms with Crippen LogP contribution in [0.15, 0.2) is 115 Å². The summed E-state index contributed by atoms with van der Waals surface area (Å²) in [6.07, 6.45) is 0. The number of aromatic nitrogens is 1. The van der Waals surface area contributed by atoms with E-state index in [4.69, 9.17) is 4.98 Å². The Morgan fingerprint density at radius 2 is 1.07 bits per heavy atom. The summed E-state index contributed by atoms with van der Waals surface area (Å²) < 4.78 is 0. The van der Waals surface area contributed by atoms with Crippen LogP contribution >= 0.6 is 0 Å². The second kappa shape index (κ2) is 9.56. The fraction of sp³-hybridized carbons (Fsp3) is 0.103. The molecular weight excluding hydrogens is 745 g/mol. The van der Waals surface area contributed by atoms with Crippen LogP contribution in [0.25, 0.3) is 43.7 Å². The van der Waals surface area contributed by atoms with Crippen molar-refractivity contribution in [2.45, 2.75) is 26.2 Å². The molecule has 0 saturated carbocycles. The Morgan fingerprint density at radius 3 is 1.68 bits per heavy atom. The molecule has 0 aliphatic carbocycles. The summed E-state index contributed by atoms with van der Waals surface area (Å²) in [7, 11) is -4.29. The molecule has 0 N–H and O–H groups in total. The largest absolute Gasteiger partial charge is 0.352 e. The monoisotopic (exact) mass is 776 g/mol. The van der Waals surface area contributed by atoms with Gasteiger partial charge < -0.3 is 4.90 Å². The zero-order valence-electron chi connectivity index (χ0n) is 25.2. The summed E-state index contributed by atoms with van der Waals surface area (Å²) in [6.45, 7) is 10.1. The molecule has 1 aromatic heterocycles. The van der Waals surface area contributed by atoms with Gasteiger partial charge in [-0.1, -0.05) is 117 Å². The van der Waals surface area contributed by atoms with E-state index < -0.39 is 16.1 Å². The molecule has 0 bridgehead atoms. The van der Waals surface area contributed by atoms with Crippen molar-refractivity contribution in [1.82, 2.24) is 4.98 Å². The van der Waals surface area contributed by atoms with E-state index in [2.05, 4.69) is 152 Å². The van der Waals surface area contributed by atoms with Crippen molar-refractivity contribution in [3.05, 3.63) is 121 Å². The van der Waals surface area contributed by atoms with Gasteiger partial charge >= 0.3 is 0 Å². The van der Waals surface area contributed by atoms with Crippen molar-refractivity contribution in [3.63, 3.8) is 0 Å². The summed E-state index contributed by atoms with van der Waals surface area (Å²) in [4.78, 5) is 7.77. The van der Waals surface area contributed by atoms with E-state index in [1.54, 1.807) is 0 Å². The molecule has 0 spiro atoms. The number of benzene rings is 6. The van der Waals surface area contributed by atoms with E-state index in [1.165, 1.54) is 64.7 Å². The Bertz CT molecular complexity index is 2200. The summed E-state index contributed by atoms with van der Waals surface area (Å²) in [6, 6.07) is 46.8. The zero-order chi connectivity index (χ0) is 29.1. The number of anilines is 3. The Balaban J connectivity index is 0.00000289. The van der Waals surface area contributed by atoms with Gasteiger partial charge in [-0.25, -0.2) is 0 Å². The van der Waals surface area contributed by atoms with Crippen LogP contribution < -0.4 is 25.6 Å². The first-order valence-electron chi connectivity index (χ1n) is 15.1. The second-order valence-corrected chi connectivity index (χ2v) is 21.8. The van der Waals surface area contributed by atoms with Gasteiger partial charge in [-0.2, -0.15) is 0 Å². The SMILES string of the molecule is C[Si]1(C)c2[c-]c(-c3ccc4ccccc4n3)cc3c2N(c2cc4ccccc4cc21)c1cc2ccccc2cc1[Si]3(C)C.[Ir].